The summed E-state index contributed by atoms with van der Waals surface area (Å²) in [5.74, 6) is 0.857. The highest BCUT2D eigenvalue weighted by Crippen LogP contribution is 2.36. The summed E-state index contributed by atoms with van der Waals surface area (Å²) in [5, 5.41) is 8.74. The van der Waals surface area contributed by atoms with Crippen LogP contribution in [0.4, 0.5) is 0 Å². The normalized spacial score (nSPS) is 19.5. The summed E-state index contributed by atoms with van der Waals surface area (Å²) >= 11 is 0. The van der Waals surface area contributed by atoms with Gasteiger partial charge in [0, 0.05) is 18.2 Å². The van der Waals surface area contributed by atoms with Gasteiger partial charge in [0.1, 0.15) is 18.7 Å². The van der Waals surface area contributed by atoms with Crippen LogP contribution < -0.4 is 5.46 Å². The van der Waals surface area contributed by atoms with Crippen molar-refractivity contribution in [2.24, 2.45) is 7.05 Å². The van der Waals surface area contributed by atoms with Crippen molar-refractivity contribution in [3.8, 4) is 0 Å². The molecule has 1 aliphatic rings. The predicted octanol–water partition coefficient (Wildman–Crippen LogP) is 0.976. The minimum absolute atomic E-state index is 0.359. The average Bonchev–Trinajstić information content (AvgIpc) is 2.99. The fourth-order valence-electron chi connectivity index (χ4n) is 2.76. The van der Waals surface area contributed by atoms with E-state index in [-0.39, 0.29) is 11.2 Å². The van der Waals surface area contributed by atoms with E-state index in [2.05, 4.69) is 42.9 Å². The van der Waals surface area contributed by atoms with Gasteiger partial charge in [0.25, 0.3) is 0 Å². The average molecular weight is 317 g/mol. The molecule has 1 aliphatic heterocycles. The fourth-order valence-corrected chi connectivity index (χ4v) is 2.76. The molecule has 0 aliphatic carbocycles. The Morgan fingerprint density at radius 2 is 1.74 bits per heavy atom. The van der Waals surface area contributed by atoms with Crippen LogP contribution >= 0.6 is 0 Å². The van der Waals surface area contributed by atoms with Gasteiger partial charge in [0.15, 0.2) is 0 Å². The van der Waals surface area contributed by atoms with Crippen LogP contribution in [0.5, 0.6) is 0 Å². The second-order valence-corrected chi connectivity index (χ2v) is 7.13. The number of rotatable bonds is 3. The van der Waals surface area contributed by atoms with Crippen LogP contribution in [-0.2, 0) is 22.9 Å². The van der Waals surface area contributed by atoms with Crippen LogP contribution in [-0.4, -0.2) is 42.9 Å². The molecule has 2 aromatic heterocycles. The molecule has 0 bridgehead atoms. The molecule has 2 aromatic rings. The number of nitrogens with zero attached hydrogens (tertiary/aromatic N) is 5. The van der Waals surface area contributed by atoms with E-state index >= 15 is 0 Å². The van der Waals surface area contributed by atoms with Crippen molar-refractivity contribution >= 4 is 12.6 Å². The molecule has 0 unspecified atom stereocenters. The maximum absolute atomic E-state index is 6.18. The van der Waals surface area contributed by atoms with E-state index in [1.807, 2.05) is 25.6 Å². The standard InChI is InChI=1S/C15H24BN5O2/c1-10-13(16-22-14(3,4)15(5,6)23-16)11(2)21(19-10)8-12-17-9-18-20(12)7/h9H,8H2,1-7H3. The van der Waals surface area contributed by atoms with Crippen LogP contribution in [0.1, 0.15) is 44.9 Å². The number of hydrogen-bond donors (Lipinski definition) is 0. The van der Waals surface area contributed by atoms with Gasteiger partial charge in [-0.15, -0.1) is 0 Å². The third-order valence-electron chi connectivity index (χ3n) is 5.02. The van der Waals surface area contributed by atoms with Gasteiger partial charge in [0.2, 0.25) is 0 Å². The van der Waals surface area contributed by atoms with Crippen LogP contribution in [0.3, 0.4) is 0 Å². The zero-order valence-electron chi connectivity index (χ0n) is 14.9. The molecule has 0 amide bonds. The van der Waals surface area contributed by atoms with Gasteiger partial charge in [-0.2, -0.15) is 10.2 Å². The van der Waals surface area contributed by atoms with Gasteiger partial charge in [-0.05, 0) is 41.5 Å². The summed E-state index contributed by atoms with van der Waals surface area (Å²) in [6.07, 6.45) is 1.55. The van der Waals surface area contributed by atoms with Crippen LogP contribution in [0, 0.1) is 13.8 Å². The Labute approximate surface area is 137 Å². The van der Waals surface area contributed by atoms with Crippen molar-refractivity contribution < 1.29 is 9.31 Å². The number of aromatic nitrogens is 5. The van der Waals surface area contributed by atoms with Gasteiger partial charge in [-0.25, -0.2) is 4.98 Å². The molecule has 1 fully saturated rings. The zero-order valence-corrected chi connectivity index (χ0v) is 14.9. The Morgan fingerprint density at radius 1 is 1.13 bits per heavy atom. The first-order chi connectivity index (χ1) is 10.6. The van der Waals surface area contributed by atoms with E-state index in [0.29, 0.717) is 6.54 Å². The van der Waals surface area contributed by atoms with E-state index in [9.17, 15) is 0 Å². The molecule has 23 heavy (non-hydrogen) atoms. The smallest absolute Gasteiger partial charge is 0.399 e. The van der Waals surface area contributed by atoms with E-state index < -0.39 is 7.12 Å². The molecule has 0 spiro atoms. The lowest BCUT2D eigenvalue weighted by Crippen LogP contribution is -2.41. The highest BCUT2D eigenvalue weighted by atomic mass is 16.7. The third kappa shape index (κ3) is 2.59. The maximum Gasteiger partial charge on any atom is 0.498 e. The Morgan fingerprint density at radius 3 is 2.26 bits per heavy atom. The zero-order chi connectivity index (χ0) is 17.0. The number of aryl methyl sites for hydroxylation is 2. The summed E-state index contributed by atoms with van der Waals surface area (Å²) in [6, 6.07) is 0. The van der Waals surface area contributed by atoms with Crippen LogP contribution in [0.2, 0.25) is 0 Å². The van der Waals surface area contributed by atoms with Crippen molar-refractivity contribution in [3.05, 3.63) is 23.5 Å². The summed E-state index contributed by atoms with van der Waals surface area (Å²) < 4.78 is 16.0. The van der Waals surface area contributed by atoms with E-state index in [4.69, 9.17) is 9.31 Å². The van der Waals surface area contributed by atoms with E-state index in [1.165, 1.54) is 0 Å². The maximum atomic E-state index is 6.18. The predicted molar refractivity (Wildman–Crippen MR) is 87.5 cm³/mol. The van der Waals surface area contributed by atoms with Crippen molar-refractivity contribution in [1.82, 2.24) is 24.5 Å². The van der Waals surface area contributed by atoms with Gasteiger partial charge in [-0.1, -0.05) is 0 Å². The molecule has 0 N–H and O–H groups in total. The molecular formula is C15H24BN5O2. The quantitative estimate of drug-likeness (QED) is 0.790. The van der Waals surface area contributed by atoms with Crippen molar-refractivity contribution in [3.63, 3.8) is 0 Å². The lowest BCUT2D eigenvalue weighted by molar-refractivity contribution is 0.00578. The molecule has 3 heterocycles. The molecular weight excluding hydrogens is 293 g/mol. The molecule has 8 heteroatoms. The summed E-state index contributed by atoms with van der Waals surface area (Å²) in [5.41, 5.74) is 2.24. The van der Waals surface area contributed by atoms with Gasteiger partial charge in [-0.3, -0.25) is 9.36 Å². The van der Waals surface area contributed by atoms with Crippen molar-refractivity contribution in [2.75, 3.05) is 0 Å². The SMILES string of the molecule is Cc1nn(Cc2ncnn2C)c(C)c1B1OC(C)(C)C(C)(C)O1. The summed E-state index contributed by atoms with van der Waals surface area (Å²) in [6.45, 7) is 12.8. The highest BCUT2D eigenvalue weighted by molar-refractivity contribution is 6.63. The number of hydrogen-bond acceptors (Lipinski definition) is 5. The summed E-state index contributed by atoms with van der Waals surface area (Å²) in [4.78, 5) is 4.26. The summed E-state index contributed by atoms with van der Waals surface area (Å²) in [7, 11) is 1.48. The molecule has 124 valence electrons. The Hall–Kier alpha value is -1.67. The molecule has 0 atom stereocenters. The minimum Gasteiger partial charge on any atom is -0.399 e. The first-order valence-electron chi connectivity index (χ1n) is 7.85. The Balaban J connectivity index is 1.92. The second kappa shape index (κ2) is 5.17. The molecule has 1 saturated heterocycles. The Kier molecular flexibility index (Phi) is 3.64. The monoisotopic (exact) mass is 317 g/mol. The first kappa shape index (κ1) is 16.2. The highest BCUT2D eigenvalue weighted by Gasteiger charge is 2.53. The molecule has 0 radical (unpaired) electrons. The minimum atomic E-state index is -0.395. The Bertz CT molecular complexity index is 718. The molecule has 3 rings (SSSR count). The molecule has 0 saturated carbocycles. The topological polar surface area (TPSA) is 67.0 Å². The van der Waals surface area contributed by atoms with Gasteiger partial charge < -0.3 is 9.31 Å². The van der Waals surface area contributed by atoms with Gasteiger partial charge in [0.05, 0.1) is 16.9 Å². The van der Waals surface area contributed by atoms with Crippen LogP contribution in [0.25, 0.3) is 0 Å². The van der Waals surface area contributed by atoms with Crippen molar-refractivity contribution in [1.29, 1.82) is 0 Å². The van der Waals surface area contributed by atoms with Crippen LogP contribution in [0.15, 0.2) is 6.33 Å². The van der Waals surface area contributed by atoms with Gasteiger partial charge >= 0.3 is 7.12 Å². The lowest BCUT2D eigenvalue weighted by atomic mass is 9.77. The molecule has 7 nitrogen and oxygen atoms in total. The fraction of sp³-hybridized carbons (Fsp3) is 0.667. The van der Waals surface area contributed by atoms with Crippen molar-refractivity contribution in [2.45, 2.75) is 59.3 Å². The lowest BCUT2D eigenvalue weighted by Gasteiger charge is -2.32. The van der Waals surface area contributed by atoms with E-state index in [0.717, 1.165) is 22.7 Å². The third-order valence-corrected chi connectivity index (χ3v) is 5.02. The first-order valence-corrected chi connectivity index (χ1v) is 7.85. The second-order valence-electron chi connectivity index (χ2n) is 7.13. The largest absolute Gasteiger partial charge is 0.498 e. The molecule has 0 aromatic carbocycles. The van der Waals surface area contributed by atoms with E-state index in [1.54, 1.807) is 11.0 Å².